The number of ether oxygens (including phenoxy) is 3. The summed E-state index contributed by atoms with van der Waals surface area (Å²) in [5.41, 5.74) is 2.41. The number of amides is 1. The van der Waals surface area contributed by atoms with Gasteiger partial charge in [-0.05, 0) is 48.7 Å². The fraction of sp³-hybridized carbons (Fsp3) is 0.318. The first kappa shape index (κ1) is 20.2. The van der Waals surface area contributed by atoms with Crippen molar-refractivity contribution in [3.05, 3.63) is 52.3 Å². The van der Waals surface area contributed by atoms with Gasteiger partial charge in [0.05, 0.1) is 16.8 Å². The van der Waals surface area contributed by atoms with E-state index in [1.807, 2.05) is 12.1 Å². The van der Waals surface area contributed by atoms with Crippen LogP contribution in [0.1, 0.15) is 42.6 Å². The molecular weight excluding hydrogens is 404 g/mol. The molecule has 3 aromatic rings. The van der Waals surface area contributed by atoms with Crippen molar-refractivity contribution >= 4 is 33.4 Å². The summed E-state index contributed by atoms with van der Waals surface area (Å²) < 4.78 is 18.4. The molecule has 1 aliphatic heterocycles. The highest BCUT2D eigenvalue weighted by molar-refractivity contribution is 7.16. The van der Waals surface area contributed by atoms with E-state index in [9.17, 15) is 9.59 Å². The van der Waals surface area contributed by atoms with E-state index in [2.05, 4.69) is 24.9 Å². The van der Waals surface area contributed by atoms with E-state index in [0.717, 1.165) is 10.2 Å². The zero-order valence-corrected chi connectivity index (χ0v) is 17.8. The molecule has 0 unspecified atom stereocenters. The lowest BCUT2D eigenvalue weighted by molar-refractivity contribution is -0.143. The van der Waals surface area contributed by atoms with Gasteiger partial charge < -0.3 is 18.8 Å². The summed E-state index contributed by atoms with van der Waals surface area (Å²) in [7, 11) is 0. The van der Waals surface area contributed by atoms with E-state index in [0.29, 0.717) is 34.4 Å². The van der Waals surface area contributed by atoms with Crippen LogP contribution in [0.4, 0.5) is 0 Å². The van der Waals surface area contributed by atoms with Crippen molar-refractivity contribution in [1.29, 1.82) is 0 Å². The van der Waals surface area contributed by atoms with Crippen molar-refractivity contribution in [2.45, 2.75) is 33.2 Å². The third kappa shape index (κ3) is 3.95. The Morgan fingerprint density at radius 3 is 2.73 bits per heavy atom. The van der Waals surface area contributed by atoms with Gasteiger partial charge in [-0.15, -0.1) is 0 Å². The maximum atomic E-state index is 12.8. The second-order valence-corrected chi connectivity index (χ2v) is 8.15. The lowest BCUT2D eigenvalue weighted by Crippen LogP contribution is -2.23. The highest BCUT2D eigenvalue weighted by Crippen LogP contribution is 2.32. The molecule has 7 nitrogen and oxygen atoms in total. The van der Waals surface area contributed by atoms with Gasteiger partial charge in [-0.25, -0.2) is 0 Å². The average Bonchev–Trinajstić information content (AvgIpc) is 3.31. The molecule has 0 saturated heterocycles. The molecular formula is C22H22N2O5S. The fourth-order valence-electron chi connectivity index (χ4n) is 3.20. The van der Waals surface area contributed by atoms with Crippen molar-refractivity contribution in [3.8, 4) is 11.5 Å². The van der Waals surface area contributed by atoms with E-state index in [1.165, 1.54) is 16.9 Å². The van der Waals surface area contributed by atoms with Gasteiger partial charge in [0.15, 0.2) is 16.3 Å². The second kappa shape index (κ2) is 8.31. The number of benzene rings is 2. The van der Waals surface area contributed by atoms with Gasteiger partial charge in [-0.3, -0.25) is 9.59 Å². The Bertz CT molecular complexity index is 1190. The monoisotopic (exact) mass is 426 g/mol. The SMILES string of the molecule is CCOC(=O)Cn1c(=NC(=O)c2ccc3c(c2)OCO3)sc2cc(C(C)C)ccc21. The van der Waals surface area contributed by atoms with Crippen molar-refractivity contribution in [2.24, 2.45) is 4.99 Å². The Morgan fingerprint density at radius 2 is 1.97 bits per heavy atom. The molecule has 0 spiro atoms. The van der Waals surface area contributed by atoms with Crippen molar-refractivity contribution < 1.29 is 23.8 Å². The fourth-order valence-corrected chi connectivity index (χ4v) is 4.28. The van der Waals surface area contributed by atoms with Crippen LogP contribution in [0.3, 0.4) is 0 Å². The van der Waals surface area contributed by atoms with Crippen LogP contribution in [0.2, 0.25) is 0 Å². The van der Waals surface area contributed by atoms with Gasteiger partial charge in [0.1, 0.15) is 6.54 Å². The van der Waals surface area contributed by atoms with Gasteiger partial charge in [0.25, 0.3) is 5.91 Å². The highest BCUT2D eigenvalue weighted by Gasteiger charge is 2.17. The number of rotatable bonds is 5. The first-order valence-electron chi connectivity index (χ1n) is 9.74. The molecule has 1 aromatic heterocycles. The lowest BCUT2D eigenvalue weighted by Gasteiger charge is -2.07. The van der Waals surface area contributed by atoms with Crippen LogP contribution in [-0.2, 0) is 16.1 Å². The minimum absolute atomic E-state index is 0.0118. The molecule has 0 bridgehead atoms. The third-order valence-electron chi connectivity index (χ3n) is 4.78. The molecule has 0 fully saturated rings. The van der Waals surface area contributed by atoms with Crippen LogP contribution < -0.4 is 14.3 Å². The highest BCUT2D eigenvalue weighted by atomic mass is 32.1. The summed E-state index contributed by atoms with van der Waals surface area (Å²) in [5, 5.41) is 0. The van der Waals surface area contributed by atoms with Crippen molar-refractivity contribution in [3.63, 3.8) is 0 Å². The third-order valence-corrected chi connectivity index (χ3v) is 5.82. The van der Waals surface area contributed by atoms with Crippen LogP contribution in [0.15, 0.2) is 41.4 Å². The Balaban J connectivity index is 1.79. The maximum absolute atomic E-state index is 12.8. The number of nitrogens with zero attached hydrogens (tertiary/aromatic N) is 2. The molecule has 1 aliphatic rings. The molecule has 0 radical (unpaired) electrons. The first-order chi connectivity index (χ1) is 14.5. The van der Waals surface area contributed by atoms with E-state index in [4.69, 9.17) is 14.2 Å². The van der Waals surface area contributed by atoms with Gasteiger partial charge in [0.2, 0.25) is 6.79 Å². The van der Waals surface area contributed by atoms with Crippen LogP contribution in [-0.4, -0.2) is 29.8 Å². The summed E-state index contributed by atoms with van der Waals surface area (Å²) in [6.07, 6.45) is 0. The van der Waals surface area contributed by atoms with E-state index in [-0.39, 0.29) is 19.3 Å². The van der Waals surface area contributed by atoms with Gasteiger partial charge in [0, 0.05) is 5.56 Å². The molecule has 30 heavy (non-hydrogen) atoms. The molecule has 2 aromatic carbocycles. The molecule has 0 atom stereocenters. The standard InChI is InChI=1S/C22H22N2O5S/c1-4-27-20(25)11-24-16-7-5-14(13(2)3)10-19(16)30-22(24)23-21(26)15-6-8-17-18(9-15)29-12-28-17/h5-10,13H,4,11-12H2,1-3H3. The Hall–Kier alpha value is -3.13. The zero-order valence-electron chi connectivity index (χ0n) is 17.0. The number of carbonyl (C=O) groups excluding carboxylic acids is 2. The second-order valence-electron chi connectivity index (χ2n) is 7.14. The Kier molecular flexibility index (Phi) is 5.59. The smallest absolute Gasteiger partial charge is 0.326 e. The number of esters is 1. The van der Waals surface area contributed by atoms with Gasteiger partial charge >= 0.3 is 5.97 Å². The summed E-state index contributed by atoms with van der Waals surface area (Å²) in [4.78, 5) is 29.8. The van der Waals surface area contributed by atoms with Crippen LogP contribution in [0.25, 0.3) is 10.2 Å². The predicted molar refractivity (Wildman–Crippen MR) is 113 cm³/mol. The minimum atomic E-state index is -0.415. The molecule has 0 N–H and O–H groups in total. The Morgan fingerprint density at radius 1 is 1.17 bits per heavy atom. The number of hydrogen-bond donors (Lipinski definition) is 0. The number of hydrogen-bond acceptors (Lipinski definition) is 6. The maximum Gasteiger partial charge on any atom is 0.326 e. The van der Waals surface area contributed by atoms with Crippen molar-refractivity contribution in [1.82, 2.24) is 4.57 Å². The lowest BCUT2D eigenvalue weighted by atomic mass is 10.0. The van der Waals surface area contributed by atoms with Crippen LogP contribution in [0, 0.1) is 0 Å². The average molecular weight is 426 g/mol. The molecule has 2 heterocycles. The zero-order chi connectivity index (χ0) is 21.3. The molecule has 8 heteroatoms. The van der Waals surface area contributed by atoms with Gasteiger partial charge in [-0.2, -0.15) is 4.99 Å². The van der Waals surface area contributed by atoms with E-state index < -0.39 is 5.91 Å². The molecule has 1 amide bonds. The number of thiazole rings is 1. The summed E-state index contributed by atoms with van der Waals surface area (Å²) in [6, 6.07) is 11.0. The van der Waals surface area contributed by atoms with Crippen molar-refractivity contribution in [2.75, 3.05) is 13.4 Å². The molecule has 156 valence electrons. The topological polar surface area (TPSA) is 79.1 Å². The normalized spacial score (nSPS) is 13.3. The van der Waals surface area contributed by atoms with E-state index >= 15 is 0 Å². The summed E-state index contributed by atoms with van der Waals surface area (Å²) in [5.74, 6) is 0.703. The molecule has 0 aliphatic carbocycles. The largest absolute Gasteiger partial charge is 0.465 e. The number of carbonyl (C=O) groups is 2. The predicted octanol–water partition coefficient (Wildman–Crippen LogP) is 3.86. The van der Waals surface area contributed by atoms with Gasteiger partial charge in [-0.1, -0.05) is 31.3 Å². The number of fused-ring (bicyclic) bond motifs is 2. The summed E-state index contributed by atoms with van der Waals surface area (Å²) in [6.45, 7) is 6.42. The number of aromatic nitrogens is 1. The Labute approximate surface area is 177 Å². The molecule has 4 rings (SSSR count). The van der Waals surface area contributed by atoms with E-state index in [1.54, 1.807) is 29.7 Å². The first-order valence-corrected chi connectivity index (χ1v) is 10.6. The quantitative estimate of drug-likeness (QED) is 0.579. The van der Waals surface area contributed by atoms with Crippen LogP contribution >= 0.6 is 11.3 Å². The summed E-state index contributed by atoms with van der Waals surface area (Å²) >= 11 is 1.38. The minimum Gasteiger partial charge on any atom is -0.465 e. The molecule has 0 saturated carbocycles. The van der Waals surface area contributed by atoms with Crippen LogP contribution in [0.5, 0.6) is 11.5 Å².